The van der Waals surface area contributed by atoms with E-state index in [0.29, 0.717) is 27.4 Å². The molecule has 12 heavy (non-hydrogen) atoms. The molecule has 0 unspecified atom stereocenters. The van der Waals surface area contributed by atoms with Gasteiger partial charge in [0.25, 0.3) is 0 Å². The smallest absolute Gasteiger partial charge is 0.131 e. The van der Waals surface area contributed by atoms with Crippen molar-refractivity contribution < 1.29 is 0 Å². The van der Waals surface area contributed by atoms with Gasteiger partial charge in [0.1, 0.15) is 11.0 Å². The predicted molar refractivity (Wildman–Crippen MR) is 51.2 cm³/mol. The fourth-order valence-corrected chi connectivity index (χ4v) is 1.74. The third-order valence-corrected chi connectivity index (χ3v) is 2.40. The summed E-state index contributed by atoms with van der Waals surface area (Å²) >= 11 is 6.85. The average Bonchev–Trinajstić information content (AvgIpc) is 2.48. The van der Waals surface area contributed by atoms with Gasteiger partial charge in [-0.2, -0.15) is 8.75 Å². The van der Waals surface area contributed by atoms with Gasteiger partial charge in [0, 0.05) is 0 Å². The van der Waals surface area contributed by atoms with Crippen LogP contribution in [0.25, 0.3) is 11.0 Å². The van der Waals surface area contributed by atoms with Gasteiger partial charge in [0.05, 0.1) is 28.1 Å². The van der Waals surface area contributed by atoms with E-state index in [9.17, 15) is 0 Å². The van der Waals surface area contributed by atoms with E-state index in [-0.39, 0.29) is 0 Å². The highest BCUT2D eigenvalue weighted by Gasteiger charge is 2.09. The minimum Gasteiger partial charge on any atom is -0.397 e. The first-order chi connectivity index (χ1) is 5.70. The molecule has 1 heterocycles. The molecule has 0 saturated heterocycles. The fraction of sp³-hybridized carbons (Fsp3) is 0. The van der Waals surface area contributed by atoms with Crippen molar-refractivity contribution in [2.45, 2.75) is 0 Å². The summed E-state index contributed by atoms with van der Waals surface area (Å²) < 4.78 is 7.97. The molecule has 0 bridgehead atoms. The van der Waals surface area contributed by atoms with Gasteiger partial charge in [-0.1, -0.05) is 11.6 Å². The number of nitrogens with zero attached hydrogens (tertiary/aromatic N) is 2. The lowest BCUT2D eigenvalue weighted by Gasteiger charge is -1.99. The minimum atomic E-state index is 0.424. The maximum absolute atomic E-state index is 5.78. The van der Waals surface area contributed by atoms with E-state index in [4.69, 9.17) is 23.1 Å². The topological polar surface area (TPSA) is 77.8 Å². The van der Waals surface area contributed by atoms with Gasteiger partial charge in [-0.25, -0.2) is 0 Å². The Kier molecular flexibility index (Phi) is 1.55. The second-order valence-electron chi connectivity index (χ2n) is 2.32. The molecule has 0 saturated carbocycles. The molecule has 0 radical (unpaired) electrons. The van der Waals surface area contributed by atoms with E-state index in [2.05, 4.69) is 8.75 Å². The van der Waals surface area contributed by atoms with Gasteiger partial charge >= 0.3 is 0 Å². The number of fused-ring (bicyclic) bond motifs is 1. The minimum absolute atomic E-state index is 0.424. The highest BCUT2D eigenvalue weighted by molar-refractivity contribution is 7.00. The Morgan fingerprint density at radius 1 is 1.25 bits per heavy atom. The zero-order valence-electron chi connectivity index (χ0n) is 5.91. The molecule has 0 atom stereocenters. The lowest BCUT2D eigenvalue weighted by molar-refractivity contribution is 1.62. The normalized spacial score (nSPS) is 10.8. The van der Waals surface area contributed by atoms with Crippen molar-refractivity contribution >= 4 is 45.7 Å². The number of nitrogen functional groups attached to an aromatic ring is 2. The maximum Gasteiger partial charge on any atom is 0.131 e. The summed E-state index contributed by atoms with van der Waals surface area (Å²) in [7, 11) is 0. The number of nitrogens with two attached hydrogens (primary N) is 2. The van der Waals surface area contributed by atoms with E-state index in [1.165, 1.54) is 0 Å². The van der Waals surface area contributed by atoms with Crippen LogP contribution in [0, 0.1) is 0 Å². The Bertz CT molecular complexity index is 438. The van der Waals surface area contributed by atoms with Gasteiger partial charge in [-0.3, -0.25) is 0 Å². The quantitative estimate of drug-likeness (QED) is 0.632. The number of rotatable bonds is 0. The van der Waals surface area contributed by atoms with Gasteiger partial charge in [-0.15, -0.1) is 0 Å². The fourth-order valence-electron chi connectivity index (χ4n) is 0.950. The molecular formula is C6H5ClN4S. The third kappa shape index (κ3) is 0.904. The molecule has 2 aromatic rings. The van der Waals surface area contributed by atoms with E-state index in [1.807, 2.05) is 0 Å². The average molecular weight is 201 g/mol. The van der Waals surface area contributed by atoms with Crippen LogP contribution in [0.4, 0.5) is 11.4 Å². The summed E-state index contributed by atoms with van der Waals surface area (Å²) in [5.41, 5.74) is 13.4. The maximum atomic E-state index is 5.78. The lowest BCUT2D eigenvalue weighted by Crippen LogP contribution is -1.92. The van der Waals surface area contributed by atoms with Crippen LogP contribution < -0.4 is 11.5 Å². The summed E-state index contributed by atoms with van der Waals surface area (Å²) in [6.07, 6.45) is 0. The molecule has 1 aromatic carbocycles. The van der Waals surface area contributed by atoms with Crippen molar-refractivity contribution in [3.8, 4) is 0 Å². The Hall–Kier alpha value is -1.07. The standard InChI is InChI=1S/C6H5ClN4S/c7-2-1-3(8)5-6(4(2)9)11-12-10-5/h1H,8-9H2. The molecule has 0 aliphatic rings. The number of hydrogen-bond acceptors (Lipinski definition) is 5. The summed E-state index contributed by atoms with van der Waals surface area (Å²) in [5.74, 6) is 0. The molecule has 62 valence electrons. The van der Waals surface area contributed by atoms with E-state index in [0.717, 1.165) is 11.7 Å². The van der Waals surface area contributed by atoms with Gasteiger partial charge in [0.2, 0.25) is 0 Å². The van der Waals surface area contributed by atoms with Crippen LogP contribution in [0.2, 0.25) is 5.02 Å². The summed E-state index contributed by atoms with van der Waals surface area (Å²) in [6.45, 7) is 0. The first-order valence-electron chi connectivity index (χ1n) is 3.16. The first-order valence-corrected chi connectivity index (χ1v) is 4.26. The van der Waals surface area contributed by atoms with Crippen LogP contribution in [0.5, 0.6) is 0 Å². The van der Waals surface area contributed by atoms with Gasteiger partial charge < -0.3 is 11.5 Å². The number of halogens is 1. The van der Waals surface area contributed by atoms with Crippen LogP contribution in [0.3, 0.4) is 0 Å². The molecule has 0 amide bonds. The number of aromatic nitrogens is 2. The van der Waals surface area contributed by atoms with Crippen molar-refractivity contribution in [2.24, 2.45) is 0 Å². The lowest BCUT2D eigenvalue weighted by atomic mass is 10.2. The van der Waals surface area contributed by atoms with E-state index >= 15 is 0 Å². The monoisotopic (exact) mass is 200 g/mol. The Labute approximate surface area is 77.5 Å². The zero-order valence-corrected chi connectivity index (χ0v) is 7.49. The third-order valence-electron chi connectivity index (χ3n) is 1.56. The van der Waals surface area contributed by atoms with Crippen LogP contribution in [0.1, 0.15) is 0 Å². The molecule has 6 heteroatoms. The van der Waals surface area contributed by atoms with E-state index < -0.39 is 0 Å². The molecular weight excluding hydrogens is 196 g/mol. The van der Waals surface area contributed by atoms with E-state index in [1.54, 1.807) is 6.07 Å². The van der Waals surface area contributed by atoms with Crippen LogP contribution >= 0.6 is 23.3 Å². The van der Waals surface area contributed by atoms with Gasteiger partial charge in [0.15, 0.2) is 0 Å². The molecule has 0 spiro atoms. The summed E-state index contributed by atoms with van der Waals surface area (Å²) in [4.78, 5) is 0. The van der Waals surface area contributed by atoms with Gasteiger partial charge in [-0.05, 0) is 6.07 Å². The molecule has 4 N–H and O–H groups in total. The van der Waals surface area contributed by atoms with Crippen molar-refractivity contribution in [1.82, 2.24) is 8.75 Å². The van der Waals surface area contributed by atoms with Crippen molar-refractivity contribution in [3.63, 3.8) is 0 Å². The summed E-state index contributed by atoms with van der Waals surface area (Å²) in [5, 5.41) is 0.424. The van der Waals surface area contributed by atoms with Crippen molar-refractivity contribution in [2.75, 3.05) is 11.5 Å². The molecule has 4 nitrogen and oxygen atoms in total. The molecule has 0 fully saturated rings. The summed E-state index contributed by atoms with van der Waals surface area (Å²) in [6, 6.07) is 1.58. The SMILES string of the molecule is Nc1cc(Cl)c(N)c2nsnc12. The number of anilines is 2. The second-order valence-corrected chi connectivity index (χ2v) is 3.26. The molecule has 1 aromatic heterocycles. The zero-order chi connectivity index (χ0) is 8.72. The Morgan fingerprint density at radius 3 is 2.67 bits per heavy atom. The molecule has 2 rings (SSSR count). The van der Waals surface area contributed by atoms with Crippen molar-refractivity contribution in [1.29, 1.82) is 0 Å². The number of hydrogen-bond donors (Lipinski definition) is 2. The Balaban J connectivity index is 2.97. The molecule has 0 aliphatic carbocycles. The highest BCUT2D eigenvalue weighted by atomic mass is 35.5. The highest BCUT2D eigenvalue weighted by Crippen LogP contribution is 2.31. The second kappa shape index (κ2) is 2.46. The molecule has 0 aliphatic heterocycles. The van der Waals surface area contributed by atoms with Crippen LogP contribution in [0.15, 0.2) is 6.07 Å². The van der Waals surface area contributed by atoms with Crippen molar-refractivity contribution in [3.05, 3.63) is 11.1 Å². The van der Waals surface area contributed by atoms with Crippen LogP contribution in [-0.4, -0.2) is 8.75 Å². The van der Waals surface area contributed by atoms with Crippen LogP contribution in [-0.2, 0) is 0 Å². The largest absolute Gasteiger partial charge is 0.397 e. The Morgan fingerprint density at radius 2 is 1.92 bits per heavy atom. The predicted octanol–water partition coefficient (Wildman–Crippen LogP) is 1.51. The first kappa shape index (κ1) is 7.57. The number of benzene rings is 1.